The highest BCUT2D eigenvalue weighted by Gasteiger charge is 2.28. The van der Waals surface area contributed by atoms with Crippen LogP contribution in [-0.4, -0.2) is 29.9 Å². The zero-order chi connectivity index (χ0) is 13.8. The van der Waals surface area contributed by atoms with Crippen LogP contribution in [0, 0.1) is 5.82 Å². The van der Waals surface area contributed by atoms with Crippen LogP contribution in [0.15, 0.2) is 18.2 Å². The highest BCUT2D eigenvalue weighted by atomic mass is 35.5. The Kier molecular flexibility index (Phi) is 4.77. The van der Waals surface area contributed by atoms with Crippen molar-refractivity contribution in [1.82, 2.24) is 4.90 Å². The Labute approximate surface area is 117 Å². The van der Waals surface area contributed by atoms with E-state index in [1.165, 1.54) is 12.1 Å². The summed E-state index contributed by atoms with van der Waals surface area (Å²) in [6.45, 7) is 1.21. The molecule has 1 aliphatic rings. The molecule has 1 atom stereocenters. The summed E-state index contributed by atoms with van der Waals surface area (Å²) < 4.78 is 13.8. The van der Waals surface area contributed by atoms with E-state index in [1.807, 2.05) is 0 Å². The number of rotatable bonds is 3. The molecule has 0 saturated carbocycles. The van der Waals surface area contributed by atoms with E-state index in [-0.39, 0.29) is 17.5 Å². The topological polar surface area (TPSA) is 46.3 Å². The second kappa shape index (κ2) is 6.35. The summed E-state index contributed by atoms with van der Waals surface area (Å²) in [7, 11) is 0. The van der Waals surface area contributed by atoms with Crippen LogP contribution in [0.1, 0.15) is 36.0 Å². The lowest BCUT2D eigenvalue weighted by Gasteiger charge is -2.35. The van der Waals surface area contributed by atoms with Crippen molar-refractivity contribution in [2.45, 2.75) is 31.7 Å². The van der Waals surface area contributed by atoms with Crippen molar-refractivity contribution in [3.8, 4) is 0 Å². The number of carbonyl (C=O) groups excluding carboxylic acids is 1. The fourth-order valence-electron chi connectivity index (χ4n) is 2.58. The molecule has 104 valence electrons. The molecule has 1 saturated heterocycles. The predicted octanol–water partition coefficient (Wildman–Crippen LogP) is 2.82. The zero-order valence-electron chi connectivity index (χ0n) is 10.7. The molecular weight excluding hydrogens is 267 g/mol. The maximum Gasteiger partial charge on any atom is 0.257 e. The van der Waals surface area contributed by atoms with Crippen LogP contribution in [0.2, 0.25) is 5.02 Å². The minimum atomic E-state index is -0.561. The van der Waals surface area contributed by atoms with Crippen LogP contribution < -0.4 is 5.73 Å². The number of piperidine rings is 1. The molecule has 0 spiro atoms. The van der Waals surface area contributed by atoms with Crippen LogP contribution in [0.3, 0.4) is 0 Å². The Bertz CT molecular complexity index is 465. The largest absolute Gasteiger partial charge is 0.336 e. The van der Waals surface area contributed by atoms with Crippen LogP contribution in [0.5, 0.6) is 0 Å². The number of nitrogens with two attached hydrogens (primary N) is 1. The molecule has 2 rings (SSSR count). The second-order valence-electron chi connectivity index (χ2n) is 4.85. The van der Waals surface area contributed by atoms with Crippen molar-refractivity contribution in [1.29, 1.82) is 0 Å². The number of hydrogen-bond acceptors (Lipinski definition) is 2. The fourth-order valence-corrected chi connectivity index (χ4v) is 2.74. The lowest BCUT2D eigenvalue weighted by molar-refractivity contribution is 0.0600. The van der Waals surface area contributed by atoms with Crippen molar-refractivity contribution >= 4 is 17.5 Å². The summed E-state index contributed by atoms with van der Waals surface area (Å²) in [6.07, 6.45) is 3.76. The molecule has 0 aliphatic carbocycles. The first-order chi connectivity index (χ1) is 9.13. The van der Waals surface area contributed by atoms with Gasteiger partial charge in [-0.05, 0) is 50.4 Å². The normalized spacial score (nSPS) is 19.5. The molecule has 5 heteroatoms. The molecule has 3 nitrogen and oxygen atoms in total. The van der Waals surface area contributed by atoms with Gasteiger partial charge < -0.3 is 10.6 Å². The molecule has 1 aromatic rings. The second-order valence-corrected chi connectivity index (χ2v) is 5.29. The third-order valence-electron chi connectivity index (χ3n) is 3.55. The third kappa shape index (κ3) is 3.25. The van der Waals surface area contributed by atoms with Crippen molar-refractivity contribution in [2.24, 2.45) is 5.73 Å². The first-order valence-electron chi connectivity index (χ1n) is 6.59. The first-order valence-corrected chi connectivity index (χ1v) is 6.97. The Hall–Kier alpha value is -1.13. The summed E-state index contributed by atoms with van der Waals surface area (Å²) >= 11 is 5.70. The third-order valence-corrected chi connectivity index (χ3v) is 3.78. The molecule has 1 aliphatic heterocycles. The van der Waals surface area contributed by atoms with Gasteiger partial charge in [-0.3, -0.25) is 4.79 Å². The number of halogens is 2. The molecule has 0 radical (unpaired) electrons. The lowest BCUT2D eigenvalue weighted by Crippen LogP contribution is -2.44. The van der Waals surface area contributed by atoms with Gasteiger partial charge in [0.2, 0.25) is 0 Å². The number of amides is 1. The molecule has 1 fully saturated rings. The summed E-state index contributed by atoms with van der Waals surface area (Å²) in [4.78, 5) is 14.2. The molecule has 0 aromatic heterocycles. The van der Waals surface area contributed by atoms with Gasteiger partial charge in [-0.25, -0.2) is 4.39 Å². The van der Waals surface area contributed by atoms with E-state index in [2.05, 4.69) is 0 Å². The fraction of sp³-hybridized carbons (Fsp3) is 0.500. The lowest BCUT2D eigenvalue weighted by atomic mass is 9.98. The molecule has 1 aromatic carbocycles. The average Bonchev–Trinajstić information content (AvgIpc) is 2.39. The number of likely N-dealkylation sites (tertiary alicyclic amines) is 1. The van der Waals surface area contributed by atoms with Gasteiger partial charge in [0.25, 0.3) is 5.91 Å². The quantitative estimate of drug-likeness (QED) is 0.928. The molecule has 1 amide bonds. The summed E-state index contributed by atoms with van der Waals surface area (Å²) in [5, 5.41) is 0.297. The van der Waals surface area contributed by atoms with Crippen LogP contribution >= 0.6 is 11.6 Å². The van der Waals surface area contributed by atoms with Gasteiger partial charge in [0.15, 0.2) is 0 Å². The molecule has 19 heavy (non-hydrogen) atoms. The molecule has 0 bridgehead atoms. The Morgan fingerprint density at radius 2 is 2.26 bits per heavy atom. The van der Waals surface area contributed by atoms with Gasteiger partial charge in [0.1, 0.15) is 5.82 Å². The summed E-state index contributed by atoms with van der Waals surface area (Å²) in [5.74, 6) is -0.818. The highest BCUT2D eigenvalue weighted by molar-refractivity contribution is 6.30. The SMILES string of the molecule is NCC[C@H]1CCCCN1C(=O)c1ccc(Cl)cc1F. The number of nitrogens with zero attached hydrogens (tertiary/aromatic N) is 1. The Morgan fingerprint density at radius 3 is 2.95 bits per heavy atom. The van der Waals surface area contributed by atoms with Gasteiger partial charge >= 0.3 is 0 Å². The predicted molar refractivity (Wildman–Crippen MR) is 73.8 cm³/mol. The van der Waals surface area contributed by atoms with E-state index in [9.17, 15) is 9.18 Å². The van der Waals surface area contributed by atoms with Crippen molar-refractivity contribution in [3.63, 3.8) is 0 Å². The molecule has 2 N–H and O–H groups in total. The smallest absolute Gasteiger partial charge is 0.257 e. The minimum Gasteiger partial charge on any atom is -0.336 e. The van der Waals surface area contributed by atoms with Crippen molar-refractivity contribution < 1.29 is 9.18 Å². The number of carbonyl (C=O) groups is 1. The van der Waals surface area contributed by atoms with Gasteiger partial charge in [-0.15, -0.1) is 0 Å². The van der Waals surface area contributed by atoms with E-state index in [0.717, 1.165) is 25.7 Å². The van der Waals surface area contributed by atoms with E-state index >= 15 is 0 Å². The van der Waals surface area contributed by atoms with E-state index in [1.54, 1.807) is 11.0 Å². The van der Waals surface area contributed by atoms with Crippen LogP contribution in [0.4, 0.5) is 4.39 Å². The minimum absolute atomic E-state index is 0.0910. The van der Waals surface area contributed by atoms with Crippen LogP contribution in [0.25, 0.3) is 0 Å². The van der Waals surface area contributed by atoms with E-state index < -0.39 is 5.82 Å². The van der Waals surface area contributed by atoms with Gasteiger partial charge in [0, 0.05) is 17.6 Å². The number of benzene rings is 1. The number of hydrogen-bond donors (Lipinski definition) is 1. The van der Waals surface area contributed by atoms with Gasteiger partial charge in [-0.2, -0.15) is 0 Å². The van der Waals surface area contributed by atoms with Gasteiger partial charge in [0.05, 0.1) is 5.56 Å². The maximum absolute atomic E-state index is 13.8. The average molecular weight is 285 g/mol. The molecule has 1 heterocycles. The summed E-state index contributed by atoms with van der Waals surface area (Å²) in [5.41, 5.74) is 5.67. The first kappa shape index (κ1) is 14.3. The van der Waals surface area contributed by atoms with Crippen molar-refractivity contribution in [3.05, 3.63) is 34.6 Å². The standard InChI is InChI=1S/C14H18ClFN2O/c15-10-4-5-12(13(16)9-10)14(19)18-8-2-1-3-11(18)6-7-17/h4-5,9,11H,1-3,6-8,17H2/t11-/m1/s1. The van der Waals surface area contributed by atoms with Crippen LogP contribution in [-0.2, 0) is 0 Å². The summed E-state index contributed by atoms with van der Waals surface area (Å²) in [6, 6.07) is 4.30. The van der Waals surface area contributed by atoms with E-state index in [4.69, 9.17) is 17.3 Å². The zero-order valence-corrected chi connectivity index (χ0v) is 11.5. The van der Waals surface area contributed by atoms with Gasteiger partial charge in [-0.1, -0.05) is 11.6 Å². The monoisotopic (exact) mass is 284 g/mol. The van der Waals surface area contributed by atoms with E-state index in [0.29, 0.717) is 18.1 Å². The van der Waals surface area contributed by atoms with Crippen molar-refractivity contribution in [2.75, 3.05) is 13.1 Å². The Morgan fingerprint density at radius 1 is 1.47 bits per heavy atom. The molecule has 0 unspecified atom stereocenters. The highest BCUT2D eigenvalue weighted by Crippen LogP contribution is 2.23. The maximum atomic E-state index is 13.8. The molecular formula is C14H18ClFN2O. The Balaban J connectivity index is 2.21.